The zero-order chi connectivity index (χ0) is 18.8. The molecule has 2 aliphatic rings. The van der Waals surface area contributed by atoms with Gasteiger partial charge in [-0.2, -0.15) is 0 Å². The normalized spacial score (nSPS) is 27.2. The molecule has 0 aromatic carbocycles. The maximum absolute atomic E-state index is 11.9. The molecule has 2 fully saturated rings. The number of hydrogen-bond acceptors (Lipinski definition) is 4. The Bertz CT molecular complexity index is 488. The summed E-state index contributed by atoms with van der Waals surface area (Å²) in [5.41, 5.74) is 1.96. The fourth-order valence-corrected chi connectivity index (χ4v) is 3.69. The Kier molecular flexibility index (Phi) is 8.93. The summed E-state index contributed by atoms with van der Waals surface area (Å²) in [6.07, 6.45) is 14.1. The van der Waals surface area contributed by atoms with Gasteiger partial charge in [0, 0.05) is 49.5 Å². The summed E-state index contributed by atoms with van der Waals surface area (Å²) in [6, 6.07) is 0. The van der Waals surface area contributed by atoms with Crippen LogP contribution in [0.5, 0.6) is 0 Å². The molecule has 0 unspecified atom stereocenters. The van der Waals surface area contributed by atoms with Gasteiger partial charge in [-0.3, -0.25) is 9.59 Å². The zero-order valence-corrected chi connectivity index (χ0v) is 16.6. The maximum atomic E-state index is 11.9. The summed E-state index contributed by atoms with van der Waals surface area (Å²) in [6.45, 7) is 6.19. The molecule has 146 valence electrons. The Morgan fingerprint density at radius 3 is 1.58 bits per heavy atom. The third kappa shape index (κ3) is 7.35. The molecule has 0 saturated heterocycles. The summed E-state index contributed by atoms with van der Waals surface area (Å²) in [5.74, 6) is 1.73. The van der Waals surface area contributed by atoms with Gasteiger partial charge in [-0.05, 0) is 50.4 Å². The lowest BCUT2D eigenvalue weighted by Gasteiger charge is -2.19. The standard InChI is InChI=1S/C22H36N2O2/c1-17-7-9-19(21(25)13-17)15-23-11-5-3-4-6-12-24-16-20-10-8-18(2)14-22(20)26/h15-18,23-24H,3-14H2,1-2H3/b19-15-,20-16-/t17-,18+. The molecular weight excluding hydrogens is 324 g/mol. The highest BCUT2D eigenvalue weighted by Crippen LogP contribution is 2.25. The van der Waals surface area contributed by atoms with Gasteiger partial charge in [-0.25, -0.2) is 0 Å². The number of carbonyl (C=O) groups excluding carboxylic acids is 2. The third-order valence-corrected chi connectivity index (χ3v) is 5.54. The largest absolute Gasteiger partial charge is 0.391 e. The molecule has 0 amide bonds. The van der Waals surface area contributed by atoms with Gasteiger partial charge in [-0.15, -0.1) is 0 Å². The summed E-state index contributed by atoms with van der Waals surface area (Å²) < 4.78 is 0. The zero-order valence-electron chi connectivity index (χ0n) is 16.6. The van der Waals surface area contributed by atoms with Crippen molar-refractivity contribution in [3.8, 4) is 0 Å². The van der Waals surface area contributed by atoms with Gasteiger partial charge in [0.15, 0.2) is 11.6 Å². The van der Waals surface area contributed by atoms with Crippen LogP contribution in [0, 0.1) is 11.8 Å². The van der Waals surface area contributed by atoms with Crippen molar-refractivity contribution in [2.45, 2.75) is 78.1 Å². The highest BCUT2D eigenvalue weighted by atomic mass is 16.1. The Hall–Kier alpha value is -1.58. The first-order valence-electron chi connectivity index (χ1n) is 10.5. The predicted molar refractivity (Wildman–Crippen MR) is 107 cm³/mol. The van der Waals surface area contributed by atoms with Crippen molar-refractivity contribution in [3.63, 3.8) is 0 Å². The third-order valence-electron chi connectivity index (χ3n) is 5.54. The minimum Gasteiger partial charge on any atom is -0.391 e. The summed E-state index contributed by atoms with van der Waals surface area (Å²) in [5, 5.41) is 6.62. The Morgan fingerprint density at radius 1 is 0.769 bits per heavy atom. The summed E-state index contributed by atoms with van der Waals surface area (Å²) in [4.78, 5) is 23.8. The van der Waals surface area contributed by atoms with Gasteiger partial charge < -0.3 is 10.6 Å². The van der Waals surface area contributed by atoms with Crippen molar-refractivity contribution >= 4 is 11.6 Å². The molecule has 4 nitrogen and oxygen atoms in total. The monoisotopic (exact) mass is 360 g/mol. The first kappa shape index (κ1) is 20.7. The van der Waals surface area contributed by atoms with Crippen LogP contribution in [0.4, 0.5) is 0 Å². The van der Waals surface area contributed by atoms with E-state index in [0.717, 1.165) is 62.8 Å². The number of hydrogen-bond donors (Lipinski definition) is 2. The van der Waals surface area contributed by atoms with Gasteiger partial charge >= 0.3 is 0 Å². The maximum Gasteiger partial charge on any atom is 0.160 e. The molecule has 2 saturated carbocycles. The lowest BCUT2D eigenvalue weighted by molar-refractivity contribution is -0.118. The average molecular weight is 361 g/mol. The molecule has 4 heteroatoms. The summed E-state index contributed by atoms with van der Waals surface area (Å²) >= 11 is 0. The van der Waals surface area contributed by atoms with Crippen molar-refractivity contribution in [1.29, 1.82) is 0 Å². The van der Waals surface area contributed by atoms with Crippen molar-refractivity contribution < 1.29 is 9.59 Å². The molecule has 0 aliphatic heterocycles. The van der Waals surface area contributed by atoms with Gasteiger partial charge in [0.2, 0.25) is 0 Å². The van der Waals surface area contributed by atoms with Crippen LogP contribution in [0.15, 0.2) is 23.5 Å². The molecule has 0 aromatic heterocycles. The van der Waals surface area contributed by atoms with E-state index in [0.29, 0.717) is 36.2 Å². The number of nitrogens with one attached hydrogen (secondary N) is 2. The van der Waals surface area contributed by atoms with E-state index in [-0.39, 0.29) is 0 Å². The minimum atomic E-state index is 0.322. The fourth-order valence-electron chi connectivity index (χ4n) is 3.69. The van der Waals surface area contributed by atoms with Crippen LogP contribution in [-0.4, -0.2) is 24.7 Å². The highest BCUT2D eigenvalue weighted by Gasteiger charge is 2.20. The average Bonchev–Trinajstić information content (AvgIpc) is 2.59. The molecular formula is C22H36N2O2. The fraction of sp³-hybridized carbons (Fsp3) is 0.727. The van der Waals surface area contributed by atoms with Crippen molar-refractivity contribution in [2.24, 2.45) is 11.8 Å². The van der Waals surface area contributed by atoms with E-state index in [1.54, 1.807) is 0 Å². The van der Waals surface area contributed by atoms with Crippen LogP contribution in [0.2, 0.25) is 0 Å². The second-order valence-electron chi connectivity index (χ2n) is 8.20. The van der Waals surface area contributed by atoms with Crippen LogP contribution in [-0.2, 0) is 9.59 Å². The molecule has 0 spiro atoms. The van der Waals surface area contributed by atoms with E-state index in [1.165, 1.54) is 12.8 Å². The van der Waals surface area contributed by atoms with Gasteiger partial charge in [-0.1, -0.05) is 26.7 Å². The first-order valence-corrected chi connectivity index (χ1v) is 10.5. The number of ketones is 2. The van der Waals surface area contributed by atoms with Gasteiger partial charge in [0.1, 0.15) is 0 Å². The Morgan fingerprint density at radius 2 is 1.19 bits per heavy atom. The topological polar surface area (TPSA) is 58.2 Å². The smallest absolute Gasteiger partial charge is 0.160 e. The number of carbonyl (C=O) groups is 2. The minimum absolute atomic E-state index is 0.322. The molecule has 2 aliphatic carbocycles. The molecule has 0 bridgehead atoms. The number of unbranched alkanes of at least 4 members (excludes halogenated alkanes) is 3. The van der Waals surface area contributed by atoms with E-state index in [4.69, 9.17) is 0 Å². The van der Waals surface area contributed by atoms with Crippen LogP contribution < -0.4 is 10.6 Å². The van der Waals surface area contributed by atoms with Crippen LogP contribution in [0.25, 0.3) is 0 Å². The first-order chi connectivity index (χ1) is 12.6. The van der Waals surface area contributed by atoms with E-state index < -0.39 is 0 Å². The quantitative estimate of drug-likeness (QED) is 0.476. The molecule has 2 N–H and O–H groups in total. The molecule has 0 radical (unpaired) electrons. The SMILES string of the molecule is C[C@@H]1CC/C(=C/NCCCCCCN/C=C2/CC[C@H](C)CC2=O)C(=O)C1. The van der Waals surface area contributed by atoms with Crippen molar-refractivity contribution in [2.75, 3.05) is 13.1 Å². The van der Waals surface area contributed by atoms with Crippen LogP contribution in [0.3, 0.4) is 0 Å². The van der Waals surface area contributed by atoms with Crippen LogP contribution in [0.1, 0.15) is 78.1 Å². The van der Waals surface area contributed by atoms with Crippen LogP contribution >= 0.6 is 0 Å². The van der Waals surface area contributed by atoms with Crippen molar-refractivity contribution in [1.82, 2.24) is 10.6 Å². The number of rotatable bonds is 9. The second-order valence-corrected chi connectivity index (χ2v) is 8.20. The molecule has 0 heterocycles. The second kappa shape index (κ2) is 11.2. The summed E-state index contributed by atoms with van der Waals surface area (Å²) in [7, 11) is 0. The van der Waals surface area contributed by atoms with E-state index in [9.17, 15) is 9.59 Å². The molecule has 26 heavy (non-hydrogen) atoms. The van der Waals surface area contributed by atoms with E-state index in [2.05, 4.69) is 24.5 Å². The lowest BCUT2D eigenvalue weighted by Crippen LogP contribution is -2.19. The van der Waals surface area contributed by atoms with E-state index in [1.807, 2.05) is 12.4 Å². The van der Waals surface area contributed by atoms with Gasteiger partial charge in [0.05, 0.1) is 0 Å². The Balaban J connectivity index is 1.46. The highest BCUT2D eigenvalue weighted by molar-refractivity contribution is 5.96. The van der Waals surface area contributed by atoms with Crippen molar-refractivity contribution in [3.05, 3.63) is 23.5 Å². The molecule has 2 atom stereocenters. The number of Topliss-reactive ketones (excluding diaryl/α,β-unsaturated/α-hetero) is 2. The predicted octanol–water partition coefficient (Wildman–Crippen LogP) is 4.27. The molecule has 2 rings (SSSR count). The van der Waals surface area contributed by atoms with Gasteiger partial charge in [0.25, 0.3) is 0 Å². The Labute approximate surface area is 158 Å². The lowest BCUT2D eigenvalue weighted by atomic mass is 9.86. The molecule has 0 aromatic rings. The number of allylic oxidation sites excluding steroid dienone is 2. The van der Waals surface area contributed by atoms with E-state index >= 15 is 0 Å².